The maximum absolute atomic E-state index is 6.25. The van der Waals surface area contributed by atoms with Crippen molar-refractivity contribution >= 4 is 11.6 Å². The van der Waals surface area contributed by atoms with E-state index in [1.54, 1.807) is 7.11 Å². The Morgan fingerprint density at radius 3 is 2.71 bits per heavy atom. The van der Waals surface area contributed by atoms with Crippen LogP contribution in [0, 0.1) is 0 Å². The zero-order valence-corrected chi connectivity index (χ0v) is 15.3. The minimum Gasteiger partial charge on any atom is -0.497 e. The molecule has 128 valence electrons. The van der Waals surface area contributed by atoms with Crippen LogP contribution in [0.1, 0.15) is 30.5 Å². The van der Waals surface area contributed by atoms with Gasteiger partial charge in [0.2, 0.25) is 0 Å². The molecular weight excluding hydrogens is 318 g/mol. The molecule has 24 heavy (non-hydrogen) atoms. The maximum Gasteiger partial charge on any atom is 0.119 e. The molecule has 0 heterocycles. The van der Waals surface area contributed by atoms with E-state index in [4.69, 9.17) is 16.3 Å². The van der Waals surface area contributed by atoms with Crippen LogP contribution in [0.25, 0.3) is 0 Å². The lowest BCUT2D eigenvalue weighted by molar-refractivity contribution is 0.231. The summed E-state index contributed by atoms with van der Waals surface area (Å²) in [6.45, 7) is 7.99. The lowest BCUT2D eigenvalue weighted by Gasteiger charge is -2.28. The molecule has 0 aliphatic rings. The molecule has 1 atom stereocenters. The molecule has 0 bridgehead atoms. The number of aryl methyl sites for hydroxylation is 1. The summed E-state index contributed by atoms with van der Waals surface area (Å²) in [6.07, 6.45) is 4.01. The Hall–Kier alpha value is -1.77. The molecule has 0 radical (unpaired) electrons. The van der Waals surface area contributed by atoms with E-state index in [0.29, 0.717) is 6.04 Å². The molecular formula is C21H26ClNO. The minimum absolute atomic E-state index is 0.310. The van der Waals surface area contributed by atoms with Crippen molar-refractivity contribution in [2.45, 2.75) is 25.8 Å². The SMILES string of the molecule is C=CCN(CCCc1ccccc1Cl)[C@@H](C)c1cccc(OC)c1. The number of rotatable bonds is 9. The predicted octanol–water partition coefficient (Wildman–Crippen LogP) is 5.53. The Balaban J connectivity index is 2.00. The van der Waals surface area contributed by atoms with Crippen molar-refractivity contribution in [2.75, 3.05) is 20.2 Å². The normalized spacial score (nSPS) is 12.2. The Morgan fingerprint density at radius 1 is 1.21 bits per heavy atom. The molecule has 0 saturated carbocycles. The largest absolute Gasteiger partial charge is 0.497 e. The Bertz CT molecular complexity index is 656. The van der Waals surface area contributed by atoms with E-state index in [2.05, 4.69) is 36.6 Å². The first-order chi connectivity index (χ1) is 11.7. The Morgan fingerprint density at radius 2 is 2.00 bits per heavy atom. The molecule has 0 saturated heterocycles. The Kier molecular flexibility index (Phi) is 7.36. The first-order valence-corrected chi connectivity index (χ1v) is 8.75. The second-order valence-corrected chi connectivity index (χ2v) is 6.34. The zero-order chi connectivity index (χ0) is 17.4. The molecule has 0 aliphatic heterocycles. The predicted molar refractivity (Wildman–Crippen MR) is 103 cm³/mol. The average Bonchev–Trinajstić information content (AvgIpc) is 2.62. The molecule has 2 aromatic rings. The van der Waals surface area contributed by atoms with Gasteiger partial charge in [0.1, 0.15) is 5.75 Å². The lowest BCUT2D eigenvalue weighted by Crippen LogP contribution is -2.28. The summed E-state index contributed by atoms with van der Waals surface area (Å²) < 4.78 is 5.34. The fourth-order valence-corrected chi connectivity index (χ4v) is 3.13. The number of ether oxygens (including phenoxy) is 1. The third kappa shape index (κ3) is 5.12. The number of hydrogen-bond donors (Lipinski definition) is 0. The number of nitrogens with zero attached hydrogens (tertiary/aromatic N) is 1. The van der Waals surface area contributed by atoms with Crippen LogP contribution in [0.15, 0.2) is 61.2 Å². The number of methoxy groups -OCH3 is 1. The van der Waals surface area contributed by atoms with Crippen molar-refractivity contribution in [3.05, 3.63) is 77.3 Å². The van der Waals surface area contributed by atoms with E-state index in [-0.39, 0.29) is 0 Å². The van der Waals surface area contributed by atoms with Gasteiger partial charge in [-0.15, -0.1) is 6.58 Å². The van der Waals surface area contributed by atoms with Crippen molar-refractivity contribution in [3.8, 4) is 5.75 Å². The minimum atomic E-state index is 0.310. The molecule has 2 nitrogen and oxygen atoms in total. The first kappa shape index (κ1) is 18.6. The van der Waals surface area contributed by atoms with Crippen molar-refractivity contribution in [1.29, 1.82) is 0 Å². The van der Waals surface area contributed by atoms with E-state index < -0.39 is 0 Å². The van der Waals surface area contributed by atoms with E-state index >= 15 is 0 Å². The second-order valence-electron chi connectivity index (χ2n) is 5.93. The molecule has 0 fully saturated rings. The summed E-state index contributed by atoms with van der Waals surface area (Å²) in [5.41, 5.74) is 2.47. The summed E-state index contributed by atoms with van der Waals surface area (Å²) in [5, 5.41) is 0.855. The van der Waals surface area contributed by atoms with Gasteiger partial charge in [0.15, 0.2) is 0 Å². The van der Waals surface area contributed by atoms with Crippen LogP contribution < -0.4 is 4.74 Å². The van der Waals surface area contributed by atoms with Crippen molar-refractivity contribution in [2.24, 2.45) is 0 Å². The summed E-state index contributed by atoms with van der Waals surface area (Å²) in [5.74, 6) is 0.897. The van der Waals surface area contributed by atoms with Crippen LogP contribution in [-0.4, -0.2) is 25.1 Å². The third-order valence-corrected chi connectivity index (χ3v) is 4.71. The van der Waals surface area contributed by atoms with Crippen LogP contribution in [0.4, 0.5) is 0 Å². The highest BCUT2D eigenvalue weighted by atomic mass is 35.5. The Labute approximate surface area is 150 Å². The van der Waals surface area contributed by atoms with Gasteiger partial charge in [0.05, 0.1) is 7.11 Å². The van der Waals surface area contributed by atoms with Crippen molar-refractivity contribution in [1.82, 2.24) is 4.90 Å². The molecule has 0 aromatic heterocycles. The van der Waals surface area contributed by atoms with Gasteiger partial charge >= 0.3 is 0 Å². The first-order valence-electron chi connectivity index (χ1n) is 8.38. The molecule has 2 aromatic carbocycles. The lowest BCUT2D eigenvalue weighted by atomic mass is 10.0. The van der Waals surface area contributed by atoms with Crippen LogP contribution in [0.2, 0.25) is 5.02 Å². The maximum atomic E-state index is 6.25. The highest BCUT2D eigenvalue weighted by Crippen LogP contribution is 2.24. The molecule has 0 aliphatic carbocycles. The molecule has 0 spiro atoms. The topological polar surface area (TPSA) is 12.5 Å². The van der Waals surface area contributed by atoms with Crippen LogP contribution in [0.3, 0.4) is 0 Å². The third-order valence-electron chi connectivity index (χ3n) is 4.34. The highest BCUT2D eigenvalue weighted by molar-refractivity contribution is 6.31. The van der Waals surface area contributed by atoms with Gasteiger partial charge in [0.25, 0.3) is 0 Å². The fraction of sp³-hybridized carbons (Fsp3) is 0.333. The molecule has 2 rings (SSSR count). The molecule has 0 unspecified atom stereocenters. The second kappa shape index (κ2) is 9.51. The summed E-state index contributed by atoms with van der Waals surface area (Å²) in [4.78, 5) is 2.43. The van der Waals surface area contributed by atoms with Crippen molar-refractivity contribution < 1.29 is 4.74 Å². The summed E-state index contributed by atoms with van der Waals surface area (Å²) >= 11 is 6.25. The van der Waals surface area contributed by atoms with Gasteiger partial charge < -0.3 is 4.74 Å². The van der Waals surface area contributed by atoms with Gasteiger partial charge in [-0.05, 0) is 55.6 Å². The van der Waals surface area contributed by atoms with E-state index in [1.807, 2.05) is 36.4 Å². The van der Waals surface area contributed by atoms with Gasteiger partial charge in [-0.1, -0.05) is 48.0 Å². The molecule has 3 heteroatoms. The quantitative estimate of drug-likeness (QED) is 0.555. The van der Waals surface area contributed by atoms with Crippen molar-refractivity contribution in [3.63, 3.8) is 0 Å². The van der Waals surface area contributed by atoms with E-state index in [1.165, 1.54) is 11.1 Å². The monoisotopic (exact) mass is 343 g/mol. The van der Waals surface area contributed by atoms with Crippen LogP contribution in [0.5, 0.6) is 5.75 Å². The van der Waals surface area contributed by atoms with Crippen LogP contribution in [-0.2, 0) is 6.42 Å². The van der Waals surface area contributed by atoms with Gasteiger partial charge in [-0.3, -0.25) is 4.90 Å². The fourth-order valence-electron chi connectivity index (χ4n) is 2.89. The van der Waals surface area contributed by atoms with Gasteiger partial charge in [-0.2, -0.15) is 0 Å². The van der Waals surface area contributed by atoms with E-state index in [9.17, 15) is 0 Å². The van der Waals surface area contributed by atoms with E-state index in [0.717, 1.165) is 36.7 Å². The van der Waals surface area contributed by atoms with Crippen LogP contribution >= 0.6 is 11.6 Å². The molecule has 0 N–H and O–H groups in total. The molecule has 0 amide bonds. The average molecular weight is 344 g/mol. The number of benzene rings is 2. The summed E-state index contributed by atoms with van der Waals surface area (Å²) in [6, 6.07) is 16.7. The number of halogens is 1. The number of hydrogen-bond acceptors (Lipinski definition) is 2. The van der Waals surface area contributed by atoms with Gasteiger partial charge in [0, 0.05) is 17.6 Å². The smallest absolute Gasteiger partial charge is 0.119 e. The highest BCUT2D eigenvalue weighted by Gasteiger charge is 2.15. The summed E-state index contributed by atoms with van der Waals surface area (Å²) in [7, 11) is 1.70. The zero-order valence-electron chi connectivity index (χ0n) is 14.5. The standard InChI is InChI=1S/C21H26ClNO/c1-4-14-23(15-8-11-18-9-5-6-13-21(18)22)17(2)19-10-7-12-20(16-19)24-3/h4-7,9-10,12-13,16-17H,1,8,11,14-15H2,2-3H3/t17-/m0/s1. The van der Waals surface area contributed by atoms with Gasteiger partial charge in [-0.25, -0.2) is 0 Å².